The number of hydrogen-bond donors (Lipinski definition) is 0. The molecule has 0 spiro atoms. The summed E-state index contributed by atoms with van der Waals surface area (Å²) in [6, 6.07) is 6.89. The highest BCUT2D eigenvalue weighted by Gasteiger charge is 2.04. The first-order valence-corrected chi connectivity index (χ1v) is 3.89. The highest BCUT2D eigenvalue weighted by atomic mass is 127. The molecular weight excluding hydrogens is 255 g/mol. The van der Waals surface area contributed by atoms with Crippen molar-refractivity contribution < 1.29 is 0 Å². The number of rotatable bonds is 1. The molecule has 0 saturated heterocycles. The lowest BCUT2D eigenvalue weighted by atomic mass is 10.2. The second-order valence-corrected chi connectivity index (χ2v) is 3.00. The molecule has 0 amide bonds. The number of nitrogens with zero attached hydrogens (tertiary/aromatic N) is 2. The topological polar surface area (TPSA) is 53.2 Å². The average molecular weight is 258 g/mol. The van der Waals surface area contributed by atoms with Crippen LogP contribution in [0.3, 0.4) is 0 Å². The summed E-state index contributed by atoms with van der Waals surface area (Å²) in [7, 11) is 0. The minimum absolute atomic E-state index is 0.208. The Hall–Kier alpha value is -0.960. The van der Waals surface area contributed by atoms with Gasteiger partial charge in [-0.25, -0.2) is 0 Å². The summed E-state index contributed by atoms with van der Waals surface area (Å²) in [6.45, 7) is 0. The summed E-state index contributed by atoms with van der Waals surface area (Å²) >= 11 is 1.99. The van der Waals surface area contributed by atoms with Crippen molar-refractivity contribution in [1.82, 2.24) is 0 Å². The van der Waals surface area contributed by atoms with Crippen molar-refractivity contribution in [3.05, 3.63) is 32.2 Å². The van der Waals surface area contributed by atoms with E-state index in [1.54, 1.807) is 12.1 Å². The van der Waals surface area contributed by atoms with Gasteiger partial charge < -0.3 is 0 Å². The van der Waals surface area contributed by atoms with E-state index >= 15 is 0 Å². The standard InChI is InChI=1S/C7H3IN2O/c8-6-2-1-3-7(10-11)5(6)4-9/h1-3H. The number of nitriles is 1. The Balaban J connectivity index is 3.38. The van der Waals surface area contributed by atoms with Crippen LogP contribution in [0.4, 0.5) is 5.69 Å². The molecule has 0 aliphatic rings. The zero-order valence-corrected chi connectivity index (χ0v) is 7.57. The first kappa shape index (κ1) is 8.14. The van der Waals surface area contributed by atoms with Crippen LogP contribution in [0.1, 0.15) is 5.56 Å². The van der Waals surface area contributed by atoms with Gasteiger partial charge in [0.05, 0.1) is 5.56 Å². The van der Waals surface area contributed by atoms with E-state index in [4.69, 9.17) is 5.26 Å². The lowest BCUT2D eigenvalue weighted by Gasteiger charge is -1.94. The minimum Gasteiger partial charge on any atom is -0.192 e. The third-order valence-electron chi connectivity index (χ3n) is 1.20. The normalized spacial score (nSPS) is 8.73. The fourth-order valence-electron chi connectivity index (χ4n) is 0.700. The zero-order chi connectivity index (χ0) is 8.27. The van der Waals surface area contributed by atoms with Crippen LogP contribution in [0.2, 0.25) is 0 Å². The molecule has 4 heteroatoms. The van der Waals surface area contributed by atoms with Crippen LogP contribution < -0.4 is 0 Å². The van der Waals surface area contributed by atoms with Crippen LogP contribution in [-0.2, 0) is 0 Å². The molecule has 0 aromatic heterocycles. The van der Waals surface area contributed by atoms with E-state index in [1.165, 1.54) is 6.07 Å². The van der Waals surface area contributed by atoms with Gasteiger partial charge in [0.15, 0.2) is 0 Å². The molecule has 1 aromatic carbocycles. The van der Waals surface area contributed by atoms with Crippen molar-refractivity contribution in [3.63, 3.8) is 0 Å². The maximum Gasteiger partial charge on any atom is 0.126 e. The highest BCUT2D eigenvalue weighted by Crippen LogP contribution is 2.22. The van der Waals surface area contributed by atoms with Crippen LogP contribution >= 0.6 is 22.6 Å². The molecule has 0 aliphatic heterocycles. The molecule has 0 bridgehead atoms. The molecule has 0 atom stereocenters. The van der Waals surface area contributed by atoms with Crippen molar-refractivity contribution in [2.24, 2.45) is 5.18 Å². The van der Waals surface area contributed by atoms with E-state index in [1.807, 2.05) is 28.7 Å². The van der Waals surface area contributed by atoms with Gasteiger partial charge in [0, 0.05) is 3.57 Å². The molecule has 0 aliphatic carbocycles. The SMILES string of the molecule is N#Cc1c(I)cccc1N=O. The fraction of sp³-hybridized carbons (Fsp3) is 0. The van der Waals surface area contributed by atoms with Gasteiger partial charge in [0.25, 0.3) is 0 Å². The van der Waals surface area contributed by atoms with Crippen LogP contribution in [0.5, 0.6) is 0 Å². The van der Waals surface area contributed by atoms with Crippen LogP contribution in [0.25, 0.3) is 0 Å². The van der Waals surface area contributed by atoms with Gasteiger partial charge in [0.2, 0.25) is 0 Å². The van der Waals surface area contributed by atoms with Gasteiger partial charge in [-0.3, -0.25) is 0 Å². The maximum absolute atomic E-state index is 10.1. The average Bonchev–Trinajstić information content (AvgIpc) is 2.04. The van der Waals surface area contributed by atoms with E-state index in [0.29, 0.717) is 5.56 Å². The third-order valence-corrected chi connectivity index (χ3v) is 2.10. The van der Waals surface area contributed by atoms with E-state index in [9.17, 15) is 4.91 Å². The quantitative estimate of drug-likeness (QED) is 0.574. The van der Waals surface area contributed by atoms with Gasteiger partial charge in [0.1, 0.15) is 11.8 Å². The van der Waals surface area contributed by atoms with Gasteiger partial charge in [-0.15, -0.1) is 4.91 Å². The molecule has 1 rings (SSSR count). The molecule has 3 nitrogen and oxygen atoms in total. The van der Waals surface area contributed by atoms with E-state index in [0.717, 1.165) is 3.57 Å². The Kier molecular flexibility index (Phi) is 2.54. The van der Waals surface area contributed by atoms with Gasteiger partial charge in [-0.2, -0.15) is 5.26 Å². The van der Waals surface area contributed by atoms with E-state index in [-0.39, 0.29) is 5.69 Å². The van der Waals surface area contributed by atoms with Crippen LogP contribution in [0.15, 0.2) is 23.4 Å². The van der Waals surface area contributed by atoms with E-state index in [2.05, 4.69) is 5.18 Å². The van der Waals surface area contributed by atoms with E-state index < -0.39 is 0 Å². The van der Waals surface area contributed by atoms with Crippen molar-refractivity contribution in [3.8, 4) is 6.07 Å². The second-order valence-electron chi connectivity index (χ2n) is 1.84. The highest BCUT2D eigenvalue weighted by molar-refractivity contribution is 14.1. The van der Waals surface area contributed by atoms with Crippen molar-refractivity contribution in [1.29, 1.82) is 5.26 Å². The number of halogens is 1. The zero-order valence-electron chi connectivity index (χ0n) is 5.41. The van der Waals surface area contributed by atoms with Crippen LogP contribution in [0, 0.1) is 19.8 Å². The summed E-state index contributed by atoms with van der Waals surface area (Å²) < 4.78 is 0.752. The molecule has 1 aromatic rings. The summed E-state index contributed by atoms with van der Waals surface area (Å²) in [5.41, 5.74) is 0.558. The number of nitroso groups, excluding NO2 is 1. The number of hydrogen-bond acceptors (Lipinski definition) is 3. The fourth-order valence-corrected chi connectivity index (χ4v) is 1.30. The van der Waals surface area contributed by atoms with Gasteiger partial charge in [-0.05, 0) is 39.9 Å². The molecule has 0 N–H and O–H groups in total. The molecule has 54 valence electrons. The molecule has 0 unspecified atom stereocenters. The second kappa shape index (κ2) is 3.44. The minimum atomic E-state index is 0.208. The lowest BCUT2D eigenvalue weighted by molar-refractivity contribution is 1.41. The van der Waals surface area contributed by atoms with Gasteiger partial charge in [-0.1, -0.05) is 6.07 Å². The molecule has 0 saturated carbocycles. The monoisotopic (exact) mass is 258 g/mol. The summed E-state index contributed by atoms with van der Waals surface area (Å²) in [5, 5.41) is 11.3. The largest absolute Gasteiger partial charge is 0.192 e. The first-order chi connectivity index (χ1) is 5.29. The Bertz CT molecular complexity index is 330. The summed E-state index contributed by atoms with van der Waals surface area (Å²) in [6.07, 6.45) is 0. The lowest BCUT2D eigenvalue weighted by Crippen LogP contribution is -1.80. The Morgan fingerprint density at radius 1 is 1.55 bits per heavy atom. The predicted octanol–water partition coefficient (Wildman–Crippen LogP) is 2.56. The molecule has 0 radical (unpaired) electrons. The Morgan fingerprint density at radius 2 is 2.27 bits per heavy atom. The smallest absolute Gasteiger partial charge is 0.126 e. The molecule has 0 fully saturated rings. The first-order valence-electron chi connectivity index (χ1n) is 2.81. The van der Waals surface area contributed by atoms with Crippen molar-refractivity contribution >= 4 is 28.3 Å². The third kappa shape index (κ3) is 1.54. The van der Waals surface area contributed by atoms with Crippen molar-refractivity contribution in [2.75, 3.05) is 0 Å². The molecular formula is C7H3IN2O. The molecule has 11 heavy (non-hydrogen) atoms. The molecule has 0 heterocycles. The Morgan fingerprint density at radius 3 is 2.73 bits per heavy atom. The van der Waals surface area contributed by atoms with Crippen LogP contribution in [-0.4, -0.2) is 0 Å². The summed E-state index contributed by atoms with van der Waals surface area (Å²) in [4.78, 5) is 10.1. The number of benzene rings is 1. The Labute approximate surface area is 77.1 Å². The van der Waals surface area contributed by atoms with Gasteiger partial charge >= 0.3 is 0 Å². The predicted molar refractivity (Wildman–Crippen MR) is 49.3 cm³/mol. The summed E-state index contributed by atoms with van der Waals surface area (Å²) in [5.74, 6) is 0. The maximum atomic E-state index is 10.1. The van der Waals surface area contributed by atoms with Crippen molar-refractivity contribution in [2.45, 2.75) is 0 Å².